The van der Waals surface area contributed by atoms with Crippen LogP contribution in [0.2, 0.25) is 0 Å². The molecule has 0 N–H and O–H groups in total. The quantitative estimate of drug-likeness (QED) is 0.674. The molecule has 0 saturated carbocycles. The molecule has 0 bridgehead atoms. The second-order valence-corrected chi connectivity index (χ2v) is 7.55. The van der Waals surface area contributed by atoms with Gasteiger partial charge in [0, 0.05) is 29.7 Å². The molecule has 0 atom stereocenters. The van der Waals surface area contributed by atoms with Crippen LogP contribution in [-0.2, 0) is 13.1 Å². The summed E-state index contributed by atoms with van der Waals surface area (Å²) in [5.74, 6) is 0. The van der Waals surface area contributed by atoms with Gasteiger partial charge in [-0.2, -0.15) is 5.10 Å². The van der Waals surface area contributed by atoms with Crippen LogP contribution in [-0.4, -0.2) is 21.7 Å². The van der Waals surface area contributed by atoms with Crippen molar-refractivity contribution in [2.45, 2.75) is 13.1 Å². The van der Waals surface area contributed by atoms with Crippen molar-refractivity contribution < 1.29 is 0 Å². The summed E-state index contributed by atoms with van der Waals surface area (Å²) >= 11 is 5.29. The zero-order valence-corrected chi connectivity index (χ0v) is 14.1. The van der Waals surface area contributed by atoms with Crippen LogP contribution in [0.5, 0.6) is 0 Å². The van der Waals surface area contributed by atoms with Gasteiger partial charge in [-0.3, -0.25) is 4.90 Å². The van der Waals surface area contributed by atoms with Gasteiger partial charge in [-0.1, -0.05) is 18.2 Å². The molecule has 21 heavy (non-hydrogen) atoms. The molecule has 3 rings (SSSR count). The number of rotatable bonds is 5. The van der Waals surface area contributed by atoms with Crippen LogP contribution >= 0.6 is 27.3 Å². The number of aromatic nitrogens is 2. The Morgan fingerprint density at radius 1 is 1.14 bits per heavy atom. The third kappa shape index (κ3) is 3.81. The SMILES string of the molecule is CN(Cc1cnn(-c2ccccc2)c1)Cc1ccc(Br)s1. The molecule has 0 amide bonds. The number of halogens is 1. The van der Waals surface area contributed by atoms with Gasteiger partial charge in [0.2, 0.25) is 0 Å². The van der Waals surface area contributed by atoms with Crippen molar-refractivity contribution in [2.24, 2.45) is 0 Å². The fraction of sp³-hybridized carbons (Fsp3) is 0.188. The number of hydrogen-bond donors (Lipinski definition) is 0. The Morgan fingerprint density at radius 3 is 2.67 bits per heavy atom. The second kappa shape index (κ2) is 6.56. The highest BCUT2D eigenvalue weighted by atomic mass is 79.9. The van der Waals surface area contributed by atoms with Crippen molar-refractivity contribution in [3.63, 3.8) is 0 Å². The second-order valence-electron chi connectivity index (χ2n) is 5.01. The average molecular weight is 362 g/mol. The molecule has 0 spiro atoms. The molecule has 108 valence electrons. The smallest absolute Gasteiger partial charge is 0.0701 e. The van der Waals surface area contributed by atoms with Crippen molar-refractivity contribution in [3.8, 4) is 5.69 Å². The summed E-state index contributed by atoms with van der Waals surface area (Å²) in [4.78, 5) is 3.66. The monoisotopic (exact) mass is 361 g/mol. The third-order valence-corrected chi connectivity index (χ3v) is 4.77. The highest BCUT2D eigenvalue weighted by molar-refractivity contribution is 9.11. The van der Waals surface area contributed by atoms with Crippen LogP contribution < -0.4 is 0 Å². The minimum Gasteiger partial charge on any atom is -0.297 e. The Labute approximate surface area is 137 Å². The molecule has 0 aliphatic rings. The van der Waals surface area contributed by atoms with Gasteiger partial charge in [0.15, 0.2) is 0 Å². The molecule has 0 unspecified atom stereocenters. The van der Waals surface area contributed by atoms with Crippen LogP contribution in [0.15, 0.2) is 58.6 Å². The maximum Gasteiger partial charge on any atom is 0.0701 e. The van der Waals surface area contributed by atoms with E-state index in [1.807, 2.05) is 29.1 Å². The zero-order valence-electron chi connectivity index (χ0n) is 11.7. The summed E-state index contributed by atoms with van der Waals surface area (Å²) in [5.41, 5.74) is 2.31. The summed E-state index contributed by atoms with van der Waals surface area (Å²) in [6.45, 7) is 1.84. The molecule has 1 aromatic carbocycles. The van der Waals surface area contributed by atoms with Crippen molar-refractivity contribution >= 4 is 27.3 Å². The van der Waals surface area contributed by atoms with E-state index in [4.69, 9.17) is 0 Å². The van der Waals surface area contributed by atoms with Crippen molar-refractivity contribution in [1.82, 2.24) is 14.7 Å². The van der Waals surface area contributed by atoms with Crippen LogP contribution in [0.1, 0.15) is 10.4 Å². The lowest BCUT2D eigenvalue weighted by Crippen LogP contribution is -2.16. The van der Waals surface area contributed by atoms with Gasteiger partial charge in [0.05, 0.1) is 15.7 Å². The number of thiophene rings is 1. The molecule has 3 nitrogen and oxygen atoms in total. The van der Waals surface area contributed by atoms with Gasteiger partial charge in [-0.15, -0.1) is 11.3 Å². The van der Waals surface area contributed by atoms with E-state index in [9.17, 15) is 0 Å². The molecule has 5 heteroatoms. The van der Waals surface area contributed by atoms with Crippen LogP contribution in [0.25, 0.3) is 5.69 Å². The van der Waals surface area contributed by atoms with Gasteiger partial charge in [0.25, 0.3) is 0 Å². The molecular weight excluding hydrogens is 346 g/mol. The predicted octanol–water partition coefficient (Wildman–Crippen LogP) is 4.33. The molecular formula is C16H16BrN3S. The Bertz CT molecular complexity index is 705. The van der Waals surface area contributed by atoms with E-state index < -0.39 is 0 Å². The predicted molar refractivity (Wildman–Crippen MR) is 90.8 cm³/mol. The molecule has 0 aliphatic carbocycles. The van der Waals surface area contributed by atoms with Gasteiger partial charge in [-0.05, 0) is 47.2 Å². The van der Waals surface area contributed by atoms with Crippen molar-refractivity contribution in [3.05, 3.63) is 69.1 Å². The molecule has 0 saturated heterocycles. The lowest BCUT2D eigenvalue weighted by Gasteiger charge is -2.14. The van der Waals surface area contributed by atoms with Crippen molar-refractivity contribution in [1.29, 1.82) is 0 Å². The van der Waals surface area contributed by atoms with E-state index in [1.54, 1.807) is 11.3 Å². The first-order valence-corrected chi connectivity index (χ1v) is 8.33. The Hall–Kier alpha value is -1.43. The van der Waals surface area contributed by atoms with Crippen molar-refractivity contribution in [2.75, 3.05) is 7.05 Å². The maximum absolute atomic E-state index is 4.44. The summed E-state index contributed by atoms with van der Waals surface area (Å²) < 4.78 is 3.10. The summed E-state index contributed by atoms with van der Waals surface area (Å²) in [7, 11) is 2.13. The zero-order chi connectivity index (χ0) is 14.7. The highest BCUT2D eigenvalue weighted by Gasteiger charge is 2.06. The molecule has 2 aromatic heterocycles. The minimum atomic E-state index is 0.891. The lowest BCUT2D eigenvalue weighted by molar-refractivity contribution is 0.322. The number of benzene rings is 1. The first-order valence-electron chi connectivity index (χ1n) is 6.72. The van der Waals surface area contributed by atoms with Gasteiger partial charge in [0.1, 0.15) is 0 Å². The fourth-order valence-corrected chi connectivity index (χ4v) is 3.80. The Kier molecular flexibility index (Phi) is 4.53. The standard InChI is InChI=1S/C16H16BrN3S/c1-19(12-15-7-8-16(17)21-15)10-13-9-18-20(11-13)14-5-3-2-4-6-14/h2-9,11H,10,12H2,1H3. The third-order valence-electron chi connectivity index (χ3n) is 3.16. The topological polar surface area (TPSA) is 21.1 Å². The van der Waals surface area contributed by atoms with Crippen LogP contribution in [0, 0.1) is 0 Å². The largest absolute Gasteiger partial charge is 0.297 e. The van der Waals surface area contributed by atoms with Gasteiger partial charge in [-0.25, -0.2) is 4.68 Å². The first kappa shape index (κ1) is 14.5. The minimum absolute atomic E-state index is 0.891. The average Bonchev–Trinajstić information content (AvgIpc) is 3.09. The highest BCUT2D eigenvalue weighted by Crippen LogP contribution is 2.23. The molecule has 0 aliphatic heterocycles. The van der Waals surface area contributed by atoms with Gasteiger partial charge >= 0.3 is 0 Å². The summed E-state index contributed by atoms with van der Waals surface area (Å²) in [6, 6.07) is 14.4. The summed E-state index contributed by atoms with van der Waals surface area (Å²) in [5, 5.41) is 4.44. The van der Waals surface area contributed by atoms with E-state index in [0.29, 0.717) is 0 Å². The Morgan fingerprint density at radius 2 is 1.95 bits per heavy atom. The number of nitrogens with zero attached hydrogens (tertiary/aromatic N) is 3. The fourth-order valence-electron chi connectivity index (χ4n) is 2.23. The molecule has 0 fully saturated rings. The Balaban J connectivity index is 1.64. The van der Waals surface area contributed by atoms with E-state index in [2.05, 4.69) is 63.4 Å². The lowest BCUT2D eigenvalue weighted by atomic mass is 10.3. The van der Waals surface area contributed by atoms with Crippen LogP contribution in [0.3, 0.4) is 0 Å². The van der Waals surface area contributed by atoms with Gasteiger partial charge < -0.3 is 0 Å². The molecule has 2 heterocycles. The van der Waals surface area contributed by atoms with Crippen LogP contribution in [0.4, 0.5) is 0 Å². The maximum atomic E-state index is 4.44. The van der Waals surface area contributed by atoms with E-state index in [1.165, 1.54) is 14.2 Å². The van der Waals surface area contributed by atoms with E-state index >= 15 is 0 Å². The normalized spacial score (nSPS) is 11.2. The first-order chi connectivity index (χ1) is 10.2. The molecule has 0 radical (unpaired) electrons. The van der Waals surface area contributed by atoms with E-state index in [0.717, 1.165) is 18.8 Å². The number of hydrogen-bond acceptors (Lipinski definition) is 3. The van der Waals surface area contributed by atoms with E-state index in [-0.39, 0.29) is 0 Å². The molecule has 3 aromatic rings. The summed E-state index contributed by atoms with van der Waals surface area (Å²) in [6.07, 6.45) is 4.03. The number of para-hydroxylation sites is 1.